The lowest BCUT2D eigenvalue weighted by Gasteiger charge is -2.19. The second-order valence-electron chi connectivity index (χ2n) is 5.33. The van der Waals surface area contributed by atoms with Gasteiger partial charge in [0.05, 0.1) is 10.7 Å². The molecule has 0 aliphatic carbocycles. The van der Waals surface area contributed by atoms with Crippen molar-refractivity contribution in [2.75, 3.05) is 23.3 Å². The average Bonchev–Trinajstić information content (AvgIpc) is 2.52. The van der Waals surface area contributed by atoms with Crippen LogP contribution in [0, 0.1) is 13.8 Å². The summed E-state index contributed by atoms with van der Waals surface area (Å²) in [4.78, 5) is 22.8. The molecule has 0 saturated heterocycles. The van der Waals surface area contributed by atoms with E-state index in [4.69, 9.17) is 11.6 Å². The van der Waals surface area contributed by atoms with Crippen LogP contribution >= 0.6 is 11.6 Å². The summed E-state index contributed by atoms with van der Waals surface area (Å²) < 4.78 is 0. The number of carbonyl (C=O) groups is 1. The maximum Gasteiger partial charge on any atom is 0.274 e. The van der Waals surface area contributed by atoms with Crippen LogP contribution in [-0.2, 0) is 0 Å². The van der Waals surface area contributed by atoms with E-state index in [-0.39, 0.29) is 5.91 Å². The number of carbonyl (C=O) groups excluding carboxylic acids is 1. The van der Waals surface area contributed by atoms with E-state index >= 15 is 0 Å². The number of nitrogens with zero attached hydrogens (tertiary/aromatic N) is 3. The molecule has 2 rings (SSSR count). The van der Waals surface area contributed by atoms with Gasteiger partial charge in [0.15, 0.2) is 0 Å². The Kier molecular flexibility index (Phi) is 5.55. The molecule has 0 radical (unpaired) electrons. The zero-order valence-corrected chi connectivity index (χ0v) is 14.6. The lowest BCUT2D eigenvalue weighted by atomic mass is 10.1. The van der Waals surface area contributed by atoms with E-state index in [1.54, 1.807) is 6.07 Å². The highest BCUT2D eigenvalue weighted by Gasteiger charge is 2.14. The van der Waals surface area contributed by atoms with E-state index in [1.165, 1.54) is 6.33 Å². The van der Waals surface area contributed by atoms with Gasteiger partial charge in [-0.1, -0.05) is 17.7 Å². The molecule has 0 aliphatic heterocycles. The predicted octanol–water partition coefficient (Wildman–Crippen LogP) is 3.85. The fraction of sp³-hybridized carbons (Fsp3) is 0.353. The third-order valence-electron chi connectivity index (χ3n) is 3.64. The van der Waals surface area contributed by atoms with E-state index in [2.05, 4.69) is 20.2 Å². The first kappa shape index (κ1) is 17.2. The molecule has 1 aromatic heterocycles. The Morgan fingerprint density at radius 2 is 1.87 bits per heavy atom. The van der Waals surface area contributed by atoms with Crippen LogP contribution in [0.3, 0.4) is 0 Å². The van der Waals surface area contributed by atoms with Gasteiger partial charge in [0.1, 0.15) is 17.8 Å². The zero-order chi connectivity index (χ0) is 17.0. The van der Waals surface area contributed by atoms with Gasteiger partial charge in [-0.05, 0) is 44.9 Å². The Hall–Kier alpha value is -2.14. The first-order valence-corrected chi connectivity index (χ1v) is 7.99. The van der Waals surface area contributed by atoms with Gasteiger partial charge in [-0.25, -0.2) is 9.97 Å². The maximum atomic E-state index is 12.5. The minimum Gasteiger partial charge on any atom is -0.357 e. The Balaban J connectivity index is 2.27. The molecule has 0 bridgehead atoms. The molecule has 1 heterocycles. The normalized spacial score (nSPS) is 10.5. The summed E-state index contributed by atoms with van der Waals surface area (Å²) in [6, 6.07) is 5.49. The topological polar surface area (TPSA) is 58.1 Å². The average molecular weight is 333 g/mol. The van der Waals surface area contributed by atoms with E-state index in [0.717, 1.165) is 30.0 Å². The van der Waals surface area contributed by atoms with Gasteiger partial charge in [-0.15, -0.1) is 0 Å². The van der Waals surface area contributed by atoms with E-state index < -0.39 is 0 Å². The summed E-state index contributed by atoms with van der Waals surface area (Å²) in [6.45, 7) is 9.59. The SMILES string of the molecule is CCN(CC)c1cc(C(=O)Nc2c(C)cc(C)cc2Cl)ncn1. The van der Waals surface area contributed by atoms with Gasteiger partial charge in [0, 0.05) is 19.2 Å². The van der Waals surface area contributed by atoms with Crippen LogP contribution in [0.2, 0.25) is 5.02 Å². The van der Waals surface area contributed by atoms with E-state index in [9.17, 15) is 4.79 Å². The molecular formula is C17H21ClN4O. The van der Waals surface area contributed by atoms with Gasteiger partial charge in [0.2, 0.25) is 0 Å². The summed E-state index contributed by atoms with van der Waals surface area (Å²) in [5.41, 5.74) is 2.90. The molecule has 0 fully saturated rings. The van der Waals surface area contributed by atoms with Crippen molar-refractivity contribution in [3.05, 3.63) is 46.4 Å². The molecule has 1 N–H and O–H groups in total. The first-order chi connectivity index (χ1) is 11.0. The second kappa shape index (κ2) is 7.42. The largest absolute Gasteiger partial charge is 0.357 e. The number of rotatable bonds is 5. The molecule has 0 unspecified atom stereocenters. The summed E-state index contributed by atoms with van der Waals surface area (Å²) in [5.74, 6) is 0.441. The minimum atomic E-state index is -0.297. The Bertz CT molecular complexity index is 690. The summed E-state index contributed by atoms with van der Waals surface area (Å²) in [6.07, 6.45) is 1.41. The first-order valence-electron chi connectivity index (χ1n) is 7.61. The molecule has 122 valence electrons. The van der Waals surface area contributed by atoms with Gasteiger partial charge < -0.3 is 10.2 Å². The molecule has 5 nitrogen and oxygen atoms in total. The molecule has 0 atom stereocenters. The van der Waals surface area contributed by atoms with Crippen LogP contribution in [0.25, 0.3) is 0 Å². The molecule has 1 aromatic carbocycles. The molecule has 1 amide bonds. The maximum absolute atomic E-state index is 12.5. The molecule has 0 saturated carbocycles. The molecule has 23 heavy (non-hydrogen) atoms. The number of hydrogen-bond donors (Lipinski definition) is 1. The number of amides is 1. The lowest BCUT2D eigenvalue weighted by molar-refractivity contribution is 0.102. The molecular weight excluding hydrogens is 312 g/mol. The van der Waals surface area contributed by atoms with Crippen molar-refractivity contribution in [3.63, 3.8) is 0 Å². The number of anilines is 2. The molecule has 2 aromatic rings. The fourth-order valence-corrected chi connectivity index (χ4v) is 2.81. The van der Waals surface area contributed by atoms with Gasteiger partial charge in [-0.3, -0.25) is 4.79 Å². The third kappa shape index (κ3) is 3.99. The van der Waals surface area contributed by atoms with Crippen molar-refractivity contribution in [2.24, 2.45) is 0 Å². The fourth-order valence-electron chi connectivity index (χ4n) is 2.44. The van der Waals surface area contributed by atoms with Gasteiger partial charge in [-0.2, -0.15) is 0 Å². The van der Waals surface area contributed by atoms with Crippen molar-refractivity contribution < 1.29 is 4.79 Å². The highest BCUT2D eigenvalue weighted by atomic mass is 35.5. The van der Waals surface area contributed by atoms with Crippen LogP contribution in [0.4, 0.5) is 11.5 Å². The van der Waals surface area contributed by atoms with Crippen LogP contribution in [0.5, 0.6) is 0 Å². The number of hydrogen-bond acceptors (Lipinski definition) is 4. The van der Waals surface area contributed by atoms with Crippen molar-refractivity contribution in [1.29, 1.82) is 0 Å². The van der Waals surface area contributed by atoms with Crippen molar-refractivity contribution >= 4 is 29.0 Å². The van der Waals surface area contributed by atoms with Crippen LogP contribution < -0.4 is 10.2 Å². The van der Waals surface area contributed by atoms with Gasteiger partial charge >= 0.3 is 0 Å². The standard InChI is InChI=1S/C17H21ClN4O/c1-5-22(6-2)15-9-14(19-10-20-15)17(23)21-16-12(4)7-11(3)8-13(16)18/h7-10H,5-6H2,1-4H3,(H,21,23). The highest BCUT2D eigenvalue weighted by molar-refractivity contribution is 6.34. The van der Waals surface area contributed by atoms with E-state index in [0.29, 0.717) is 16.4 Å². The summed E-state index contributed by atoms with van der Waals surface area (Å²) in [7, 11) is 0. The Labute approximate surface area is 141 Å². The minimum absolute atomic E-state index is 0.297. The number of benzene rings is 1. The summed E-state index contributed by atoms with van der Waals surface area (Å²) in [5, 5.41) is 3.37. The van der Waals surface area contributed by atoms with Crippen LogP contribution in [-0.4, -0.2) is 29.0 Å². The Morgan fingerprint density at radius 3 is 2.48 bits per heavy atom. The van der Waals surface area contributed by atoms with E-state index in [1.807, 2.05) is 39.8 Å². The highest BCUT2D eigenvalue weighted by Crippen LogP contribution is 2.27. The summed E-state index contributed by atoms with van der Waals surface area (Å²) >= 11 is 6.24. The Morgan fingerprint density at radius 1 is 1.17 bits per heavy atom. The lowest BCUT2D eigenvalue weighted by Crippen LogP contribution is -2.24. The molecule has 0 spiro atoms. The van der Waals surface area contributed by atoms with Crippen LogP contribution in [0.15, 0.2) is 24.5 Å². The second-order valence-corrected chi connectivity index (χ2v) is 5.73. The van der Waals surface area contributed by atoms with Gasteiger partial charge in [0.25, 0.3) is 5.91 Å². The van der Waals surface area contributed by atoms with Crippen molar-refractivity contribution in [2.45, 2.75) is 27.7 Å². The van der Waals surface area contributed by atoms with Crippen molar-refractivity contribution in [1.82, 2.24) is 9.97 Å². The van der Waals surface area contributed by atoms with Crippen LogP contribution in [0.1, 0.15) is 35.5 Å². The zero-order valence-electron chi connectivity index (χ0n) is 13.9. The monoisotopic (exact) mass is 332 g/mol. The third-order valence-corrected chi connectivity index (χ3v) is 3.94. The smallest absolute Gasteiger partial charge is 0.274 e. The van der Waals surface area contributed by atoms with Crippen molar-refractivity contribution in [3.8, 4) is 0 Å². The number of nitrogens with one attached hydrogen (secondary N) is 1. The number of aryl methyl sites for hydroxylation is 2. The predicted molar refractivity (Wildman–Crippen MR) is 94.5 cm³/mol. The number of halogens is 1. The molecule has 6 heteroatoms. The molecule has 0 aliphatic rings. The quantitative estimate of drug-likeness (QED) is 0.903. The number of aromatic nitrogens is 2.